The van der Waals surface area contributed by atoms with Crippen LogP contribution in [-0.4, -0.2) is 39.5 Å². The Labute approximate surface area is 180 Å². The number of rotatable bonds is 9. The minimum atomic E-state index is -0.750. The second-order valence-electron chi connectivity index (χ2n) is 7.54. The van der Waals surface area contributed by atoms with E-state index >= 15 is 0 Å². The van der Waals surface area contributed by atoms with Gasteiger partial charge >= 0.3 is 0 Å². The number of aryl methyl sites for hydroxylation is 1. The van der Waals surface area contributed by atoms with Crippen LogP contribution >= 0.6 is 0 Å². The van der Waals surface area contributed by atoms with Gasteiger partial charge in [-0.1, -0.05) is 36.8 Å². The average molecular weight is 424 g/mol. The van der Waals surface area contributed by atoms with Crippen LogP contribution in [-0.2, 0) is 6.42 Å². The number of nitro benzene ring substituents is 1. The van der Waals surface area contributed by atoms with Crippen molar-refractivity contribution in [3.63, 3.8) is 0 Å². The number of benzene rings is 2. The first kappa shape index (κ1) is 22.1. The third kappa shape index (κ3) is 5.53. The fraction of sp³-hybridized carbons (Fsp3) is 0.304. The minimum absolute atomic E-state index is 0.0109. The molecule has 1 N–H and O–H groups in total. The van der Waals surface area contributed by atoms with E-state index in [4.69, 9.17) is 0 Å². The van der Waals surface area contributed by atoms with Crippen LogP contribution in [0.25, 0.3) is 11.3 Å². The van der Waals surface area contributed by atoms with Crippen LogP contribution in [0.4, 0.5) is 10.1 Å². The quantitative estimate of drug-likeness (QED) is 0.300. The highest BCUT2D eigenvalue weighted by Crippen LogP contribution is 2.23. The molecular formula is C23H25FN4O3. The van der Waals surface area contributed by atoms with Crippen molar-refractivity contribution < 1.29 is 14.1 Å². The Morgan fingerprint density at radius 1 is 1.16 bits per heavy atom. The molecule has 162 valence electrons. The lowest BCUT2D eigenvalue weighted by atomic mass is 10.1. The van der Waals surface area contributed by atoms with Gasteiger partial charge in [0.15, 0.2) is 0 Å². The number of unbranched alkanes of at least 4 members (excludes halogenated alkanes) is 2. The second-order valence-corrected chi connectivity index (χ2v) is 7.54. The number of amides is 1. The molecule has 0 saturated heterocycles. The van der Waals surface area contributed by atoms with Crippen LogP contribution in [0.15, 0.2) is 48.5 Å². The van der Waals surface area contributed by atoms with E-state index in [-0.39, 0.29) is 16.8 Å². The van der Waals surface area contributed by atoms with Crippen molar-refractivity contribution in [1.29, 1.82) is 0 Å². The number of carbonyl (C=O) groups excluding carboxylic acids is 1. The Kier molecular flexibility index (Phi) is 7.12. The monoisotopic (exact) mass is 424 g/mol. The number of hydrogen-bond donors (Lipinski definition) is 1. The van der Waals surface area contributed by atoms with E-state index in [9.17, 15) is 19.3 Å². The van der Waals surface area contributed by atoms with Gasteiger partial charge in [0.25, 0.3) is 11.6 Å². The van der Waals surface area contributed by atoms with Crippen molar-refractivity contribution in [2.45, 2.75) is 32.6 Å². The molecule has 0 aliphatic heterocycles. The van der Waals surface area contributed by atoms with E-state index in [1.165, 1.54) is 11.8 Å². The van der Waals surface area contributed by atoms with Crippen molar-refractivity contribution in [2.24, 2.45) is 0 Å². The molecule has 0 radical (unpaired) electrons. The molecule has 8 heteroatoms. The standard InChI is InChI=1S/C23H25FN4O3/c1-16-20(24)13-18(14-22(16)28(30)31)23(29)27(2)12-8-4-7-11-19-15-21(26-25-19)17-9-5-3-6-10-17/h3,5-6,9-10,13-15H,4,7-8,11-12H2,1-2H3,(H,25,26). The molecule has 0 spiro atoms. The average Bonchev–Trinajstić information content (AvgIpc) is 3.24. The second kappa shape index (κ2) is 9.97. The van der Waals surface area contributed by atoms with Gasteiger partial charge in [-0.05, 0) is 38.3 Å². The van der Waals surface area contributed by atoms with Crippen LogP contribution in [0.2, 0.25) is 0 Å². The normalized spacial score (nSPS) is 10.8. The Balaban J connectivity index is 1.46. The zero-order chi connectivity index (χ0) is 22.4. The summed E-state index contributed by atoms with van der Waals surface area (Å²) in [6, 6.07) is 14.2. The molecule has 0 unspecified atom stereocenters. The summed E-state index contributed by atoms with van der Waals surface area (Å²) >= 11 is 0. The van der Waals surface area contributed by atoms with E-state index < -0.39 is 16.6 Å². The van der Waals surface area contributed by atoms with Gasteiger partial charge < -0.3 is 4.90 Å². The third-order valence-corrected chi connectivity index (χ3v) is 5.25. The first-order chi connectivity index (χ1) is 14.9. The fourth-order valence-electron chi connectivity index (χ4n) is 3.39. The number of nitrogens with zero attached hydrogens (tertiary/aromatic N) is 3. The molecule has 3 rings (SSSR count). The summed E-state index contributed by atoms with van der Waals surface area (Å²) in [5.74, 6) is -1.18. The number of carbonyl (C=O) groups is 1. The largest absolute Gasteiger partial charge is 0.342 e. The third-order valence-electron chi connectivity index (χ3n) is 5.25. The molecule has 2 aromatic carbocycles. The fourth-order valence-corrected chi connectivity index (χ4v) is 3.39. The van der Waals surface area contributed by atoms with Gasteiger partial charge in [0, 0.05) is 36.5 Å². The maximum atomic E-state index is 14.0. The number of aromatic nitrogens is 2. The lowest BCUT2D eigenvalue weighted by Crippen LogP contribution is -2.28. The van der Waals surface area contributed by atoms with Gasteiger partial charge in [0.05, 0.1) is 16.2 Å². The molecule has 0 aliphatic carbocycles. The number of aromatic amines is 1. The highest BCUT2D eigenvalue weighted by molar-refractivity contribution is 5.94. The minimum Gasteiger partial charge on any atom is -0.342 e. The number of hydrogen-bond acceptors (Lipinski definition) is 4. The molecule has 3 aromatic rings. The van der Waals surface area contributed by atoms with Crippen molar-refractivity contribution >= 4 is 11.6 Å². The molecule has 1 amide bonds. The van der Waals surface area contributed by atoms with Crippen LogP contribution in [0.5, 0.6) is 0 Å². The van der Waals surface area contributed by atoms with Crippen molar-refractivity contribution in [1.82, 2.24) is 15.1 Å². The first-order valence-electron chi connectivity index (χ1n) is 10.2. The molecule has 1 aromatic heterocycles. The summed E-state index contributed by atoms with van der Waals surface area (Å²) in [6.45, 7) is 1.81. The highest BCUT2D eigenvalue weighted by Gasteiger charge is 2.21. The zero-order valence-corrected chi connectivity index (χ0v) is 17.6. The first-order valence-corrected chi connectivity index (χ1v) is 10.2. The Morgan fingerprint density at radius 2 is 1.90 bits per heavy atom. The van der Waals surface area contributed by atoms with Crippen molar-refractivity contribution in [3.05, 3.63) is 81.3 Å². The summed E-state index contributed by atoms with van der Waals surface area (Å²) in [6.07, 6.45) is 3.47. The van der Waals surface area contributed by atoms with E-state index in [0.717, 1.165) is 54.8 Å². The van der Waals surface area contributed by atoms with Crippen LogP contribution in [0.1, 0.15) is 40.9 Å². The van der Waals surface area contributed by atoms with E-state index in [1.54, 1.807) is 7.05 Å². The molecule has 0 fully saturated rings. The predicted molar refractivity (Wildman–Crippen MR) is 116 cm³/mol. The Morgan fingerprint density at radius 3 is 2.61 bits per heavy atom. The maximum absolute atomic E-state index is 14.0. The number of halogens is 1. The van der Waals surface area contributed by atoms with Crippen molar-refractivity contribution in [3.8, 4) is 11.3 Å². The maximum Gasteiger partial charge on any atom is 0.276 e. The van der Waals surface area contributed by atoms with Crippen LogP contribution in [0.3, 0.4) is 0 Å². The smallest absolute Gasteiger partial charge is 0.276 e. The summed E-state index contributed by atoms with van der Waals surface area (Å²) in [4.78, 5) is 24.4. The summed E-state index contributed by atoms with van der Waals surface area (Å²) in [5.41, 5.74) is 2.58. The molecular weight excluding hydrogens is 399 g/mol. The van der Waals surface area contributed by atoms with E-state index in [0.29, 0.717) is 6.54 Å². The lowest BCUT2D eigenvalue weighted by Gasteiger charge is -2.17. The van der Waals surface area contributed by atoms with Gasteiger partial charge in [0.1, 0.15) is 5.82 Å². The van der Waals surface area contributed by atoms with E-state index in [1.807, 2.05) is 36.4 Å². The molecule has 31 heavy (non-hydrogen) atoms. The van der Waals surface area contributed by atoms with Crippen molar-refractivity contribution in [2.75, 3.05) is 13.6 Å². The molecule has 7 nitrogen and oxygen atoms in total. The van der Waals surface area contributed by atoms with Gasteiger partial charge in [-0.2, -0.15) is 5.10 Å². The molecule has 1 heterocycles. The number of nitro groups is 1. The SMILES string of the molecule is Cc1c(F)cc(C(=O)N(C)CCCCCc2cc(-c3ccccc3)n[nH]2)cc1[N+](=O)[O-]. The summed E-state index contributed by atoms with van der Waals surface area (Å²) < 4.78 is 14.0. The van der Waals surface area contributed by atoms with Gasteiger partial charge in [-0.25, -0.2) is 4.39 Å². The number of nitrogens with one attached hydrogen (secondary N) is 1. The van der Waals surface area contributed by atoms with Gasteiger partial charge in [-0.3, -0.25) is 20.0 Å². The van der Waals surface area contributed by atoms with E-state index in [2.05, 4.69) is 10.2 Å². The van der Waals surface area contributed by atoms with Crippen LogP contribution in [0, 0.1) is 22.9 Å². The Hall–Kier alpha value is -3.55. The highest BCUT2D eigenvalue weighted by atomic mass is 19.1. The molecule has 0 saturated carbocycles. The lowest BCUT2D eigenvalue weighted by molar-refractivity contribution is -0.385. The summed E-state index contributed by atoms with van der Waals surface area (Å²) in [7, 11) is 1.62. The topological polar surface area (TPSA) is 92.1 Å². The Bertz CT molecular complexity index is 1070. The molecule has 0 atom stereocenters. The van der Waals surface area contributed by atoms with Gasteiger partial charge in [0.2, 0.25) is 0 Å². The molecule has 0 bridgehead atoms. The zero-order valence-electron chi connectivity index (χ0n) is 17.6. The molecule has 0 aliphatic rings. The predicted octanol–water partition coefficient (Wildman–Crippen LogP) is 4.92. The van der Waals surface area contributed by atoms with Crippen LogP contribution < -0.4 is 0 Å². The number of H-pyrrole nitrogens is 1. The summed E-state index contributed by atoms with van der Waals surface area (Å²) in [5, 5.41) is 18.5. The van der Waals surface area contributed by atoms with Gasteiger partial charge in [-0.15, -0.1) is 0 Å².